The number of carbonyl (C=O) groups excluding carboxylic acids is 1. The lowest BCUT2D eigenvalue weighted by molar-refractivity contribution is -0.138. The molecule has 1 aromatic heterocycles. The van der Waals surface area contributed by atoms with Crippen LogP contribution in [0.1, 0.15) is 29.7 Å². The maximum absolute atomic E-state index is 14.1. The van der Waals surface area contributed by atoms with Crippen molar-refractivity contribution in [2.24, 2.45) is 4.99 Å². The van der Waals surface area contributed by atoms with Crippen molar-refractivity contribution in [3.05, 3.63) is 115 Å². The lowest BCUT2D eigenvalue weighted by atomic mass is 9.93. The SMILES string of the molecule is CCOC(=O)C1=C(c2ccccc2)N=c2s/c(=C\c3cc(OC)ccc3OC)c(=O)n2C1c1ccc(OC)cc1. The standard InChI is InChI=1S/C31H28N2O6S/c1-5-39-30(35)26-27(19-9-7-6-8-10-19)32-31-33(28(26)20-11-13-22(36-2)14-12-20)29(34)25(40-31)18-21-17-23(37-3)15-16-24(21)38-4/h6-18,28H,5H2,1-4H3/b25-18-. The highest BCUT2D eigenvalue weighted by molar-refractivity contribution is 7.07. The van der Waals surface area contributed by atoms with Crippen molar-refractivity contribution in [1.29, 1.82) is 0 Å². The smallest absolute Gasteiger partial charge is 0.338 e. The molecule has 5 rings (SSSR count). The molecule has 0 saturated heterocycles. The van der Waals surface area contributed by atoms with Crippen LogP contribution >= 0.6 is 11.3 Å². The van der Waals surface area contributed by atoms with E-state index in [1.54, 1.807) is 69.2 Å². The van der Waals surface area contributed by atoms with E-state index in [-0.39, 0.29) is 17.7 Å². The van der Waals surface area contributed by atoms with Gasteiger partial charge in [-0.3, -0.25) is 9.36 Å². The molecule has 1 aliphatic rings. The minimum absolute atomic E-state index is 0.180. The van der Waals surface area contributed by atoms with E-state index < -0.39 is 12.0 Å². The van der Waals surface area contributed by atoms with Gasteiger partial charge in [0.25, 0.3) is 5.56 Å². The summed E-state index contributed by atoms with van der Waals surface area (Å²) in [6, 6.07) is 21.3. The Hall–Kier alpha value is -4.63. The van der Waals surface area contributed by atoms with E-state index in [4.69, 9.17) is 23.9 Å². The van der Waals surface area contributed by atoms with E-state index in [0.29, 0.717) is 37.8 Å². The van der Waals surface area contributed by atoms with E-state index in [9.17, 15) is 9.59 Å². The fourth-order valence-electron chi connectivity index (χ4n) is 4.64. The molecule has 9 heteroatoms. The summed E-state index contributed by atoms with van der Waals surface area (Å²) in [6.07, 6.45) is 1.76. The van der Waals surface area contributed by atoms with Crippen molar-refractivity contribution in [2.45, 2.75) is 13.0 Å². The van der Waals surface area contributed by atoms with Crippen molar-refractivity contribution in [3.8, 4) is 17.2 Å². The number of rotatable bonds is 8. The molecule has 0 aliphatic carbocycles. The van der Waals surface area contributed by atoms with E-state index in [1.807, 2.05) is 42.5 Å². The Morgan fingerprint density at radius 1 is 0.950 bits per heavy atom. The van der Waals surface area contributed by atoms with Gasteiger partial charge < -0.3 is 18.9 Å². The van der Waals surface area contributed by atoms with Crippen LogP contribution in [0.15, 0.2) is 88.2 Å². The minimum Gasteiger partial charge on any atom is -0.497 e. The lowest BCUT2D eigenvalue weighted by Gasteiger charge is -2.26. The van der Waals surface area contributed by atoms with Crippen LogP contribution in [0.5, 0.6) is 17.2 Å². The topological polar surface area (TPSA) is 88.4 Å². The number of hydrogen-bond donors (Lipinski definition) is 0. The molecule has 8 nitrogen and oxygen atoms in total. The molecule has 0 fully saturated rings. The monoisotopic (exact) mass is 556 g/mol. The van der Waals surface area contributed by atoms with Crippen molar-refractivity contribution < 1.29 is 23.7 Å². The van der Waals surface area contributed by atoms with Gasteiger partial charge in [-0.15, -0.1) is 0 Å². The van der Waals surface area contributed by atoms with Crippen molar-refractivity contribution in [2.75, 3.05) is 27.9 Å². The number of esters is 1. The lowest BCUT2D eigenvalue weighted by Crippen LogP contribution is -2.40. The third-order valence-electron chi connectivity index (χ3n) is 6.53. The predicted molar refractivity (Wildman–Crippen MR) is 154 cm³/mol. The summed E-state index contributed by atoms with van der Waals surface area (Å²) >= 11 is 1.24. The number of carbonyl (C=O) groups is 1. The second-order valence-electron chi connectivity index (χ2n) is 8.81. The molecule has 3 aromatic carbocycles. The zero-order valence-electron chi connectivity index (χ0n) is 22.5. The number of ether oxygens (including phenoxy) is 4. The molecule has 4 aromatic rings. The van der Waals surface area contributed by atoms with E-state index in [0.717, 1.165) is 11.1 Å². The molecular formula is C31H28N2O6S. The van der Waals surface area contributed by atoms with Crippen molar-refractivity contribution in [3.63, 3.8) is 0 Å². The van der Waals surface area contributed by atoms with Crippen LogP contribution in [0.25, 0.3) is 11.8 Å². The molecule has 1 atom stereocenters. The Morgan fingerprint density at radius 3 is 2.30 bits per heavy atom. The fraction of sp³-hybridized carbons (Fsp3) is 0.194. The Balaban J connectivity index is 1.82. The van der Waals surface area contributed by atoms with Crippen LogP contribution in [-0.2, 0) is 9.53 Å². The maximum Gasteiger partial charge on any atom is 0.338 e. The second-order valence-corrected chi connectivity index (χ2v) is 9.82. The number of fused-ring (bicyclic) bond motifs is 1. The van der Waals surface area contributed by atoms with Gasteiger partial charge in [0, 0.05) is 11.1 Å². The molecule has 1 aliphatic heterocycles. The Kier molecular flexibility index (Phi) is 7.84. The number of nitrogens with zero attached hydrogens (tertiary/aromatic N) is 2. The van der Waals surface area contributed by atoms with Crippen LogP contribution in [0, 0.1) is 0 Å². The zero-order chi connectivity index (χ0) is 28.2. The summed E-state index contributed by atoms with van der Waals surface area (Å²) in [5, 5.41) is 0. The molecular weight excluding hydrogens is 528 g/mol. The largest absolute Gasteiger partial charge is 0.497 e. The third-order valence-corrected chi connectivity index (χ3v) is 7.51. The summed E-state index contributed by atoms with van der Waals surface area (Å²) in [7, 11) is 4.74. The fourth-order valence-corrected chi connectivity index (χ4v) is 5.63. The van der Waals surface area contributed by atoms with Gasteiger partial charge in [0.2, 0.25) is 0 Å². The Bertz CT molecular complexity index is 1750. The summed E-state index contributed by atoms with van der Waals surface area (Å²) < 4.78 is 23.8. The van der Waals surface area contributed by atoms with Gasteiger partial charge in [-0.05, 0) is 48.9 Å². The number of thiazole rings is 1. The molecule has 0 amide bonds. The first-order valence-electron chi connectivity index (χ1n) is 12.6. The normalized spacial score (nSPS) is 14.8. The average Bonchev–Trinajstić information content (AvgIpc) is 3.31. The molecule has 0 N–H and O–H groups in total. The van der Waals surface area contributed by atoms with Crippen molar-refractivity contribution >= 4 is 29.1 Å². The quantitative estimate of drug-likeness (QED) is 0.306. The number of aromatic nitrogens is 1. The zero-order valence-corrected chi connectivity index (χ0v) is 23.4. The van der Waals surface area contributed by atoms with E-state index in [1.165, 1.54) is 11.3 Å². The molecule has 0 saturated carbocycles. The predicted octanol–water partition coefficient (Wildman–Crippen LogP) is 3.96. The van der Waals surface area contributed by atoms with Gasteiger partial charge in [-0.25, -0.2) is 9.79 Å². The van der Waals surface area contributed by atoms with Gasteiger partial charge in [-0.1, -0.05) is 53.8 Å². The average molecular weight is 557 g/mol. The highest BCUT2D eigenvalue weighted by atomic mass is 32.1. The Morgan fingerprint density at radius 2 is 1.65 bits per heavy atom. The van der Waals surface area contributed by atoms with Crippen LogP contribution in [0.3, 0.4) is 0 Å². The molecule has 1 unspecified atom stereocenters. The molecule has 0 spiro atoms. The molecule has 2 heterocycles. The number of methoxy groups -OCH3 is 3. The van der Waals surface area contributed by atoms with Gasteiger partial charge >= 0.3 is 5.97 Å². The summed E-state index contributed by atoms with van der Waals surface area (Å²) in [4.78, 5) is 32.9. The highest BCUT2D eigenvalue weighted by Gasteiger charge is 2.35. The van der Waals surface area contributed by atoms with Crippen LogP contribution in [0.2, 0.25) is 0 Å². The molecule has 0 bridgehead atoms. The first kappa shape index (κ1) is 27.0. The van der Waals surface area contributed by atoms with Gasteiger partial charge in [-0.2, -0.15) is 0 Å². The van der Waals surface area contributed by atoms with Gasteiger partial charge in [0.15, 0.2) is 4.80 Å². The minimum atomic E-state index is -0.772. The summed E-state index contributed by atoms with van der Waals surface area (Å²) in [5.74, 6) is 1.35. The van der Waals surface area contributed by atoms with Gasteiger partial charge in [0.1, 0.15) is 17.2 Å². The second kappa shape index (κ2) is 11.6. The number of benzene rings is 3. The highest BCUT2D eigenvalue weighted by Crippen LogP contribution is 2.35. The van der Waals surface area contributed by atoms with Crippen LogP contribution in [-0.4, -0.2) is 38.5 Å². The van der Waals surface area contributed by atoms with Crippen LogP contribution < -0.4 is 29.1 Å². The third kappa shape index (κ3) is 5.03. The van der Waals surface area contributed by atoms with Gasteiger partial charge in [0.05, 0.1) is 49.8 Å². The molecule has 204 valence electrons. The van der Waals surface area contributed by atoms with E-state index >= 15 is 0 Å². The van der Waals surface area contributed by atoms with E-state index in [2.05, 4.69) is 0 Å². The summed E-state index contributed by atoms with van der Waals surface area (Å²) in [6.45, 7) is 1.93. The maximum atomic E-state index is 14.1. The first-order chi connectivity index (χ1) is 19.5. The van der Waals surface area contributed by atoms with Crippen LogP contribution in [0.4, 0.5) is 0 Å². The Labute approximate surface area is 235 Å². The summed E-state index contributed by atoms with van der Waals surface area (Å²) in [5.41, 5.74) is 2.61. The van der Waals surface area contributed by atoms with Crippen molar-refractivity contribution in [1.82, 2.24) is 4.57 Å². The number of hydrogen-bond acceptors (Lipinski definition) is 8. The molecule has 40 heavy (non-hydrogen) atoms. The molecule has 0 radical (unpaired) electrons. The first-order valence-corrected chi connectivity index (χ1v) is 13.4.